The molecule has 1 aromatic heterocycles. The molecule has 1 aromatic rings. The number of nitrogens with zero attached hydrogens (tertiary/aromatic N) is 3. The minimum atomic E-state index is -0.719. The molecule has 0 radical (unpaired) electrons. The number of aromatic nitrogens is 2. The van der Waals surface area contributed by atoms with Gasteiger partial charge in [-0.1, -0.05) is 0 Å². The Morgan fingerprint density at radius 2 is 2.06 bits per heavy atom. The first-order chi connectivity index (χ1) is 8.63. The van der Waals surface area contributed by atoms with Crippen LogP contribution in [0.3, 0.4) is 0 Å². The molecule has 0 unspecified atom stereocenters. The molecule has 18 heavy (non-hydrogen) atoms. The number of hydrogen-bond donors (Lipinski definition) is 2. The van der Waals surface area contributed by atoms with Crippen molar-refractivity contribution in [2.45, 2.75) is 19.9 Å². The first-order valence-corrected chi connectivity index (χ1v) is 6.30. The van der Waals surface area contributed by atoms with E-state index in [4.69, 9.17) is 5.11 Å². The normalized spacial score (nSPS) is 18.1. The lowest BCUT2D eigenvalue weighted by Crippen LogP contribution is -2.46. The summed E-state index contributed by atoms with van der Waals surface area (Å²) in [7, 11) is 0. The van der Waals surface area contributed by atoms with E-state index in [0.717, 1.165) is 44.2 Å². The molecular formula is C12H20N4O2. The van der Waals surface area contributed by atoms with Gasteiger partial charge in [0, 0.05) is 44.6 Å². The number of nitrogens with one attached hydrogen (secondary N) is 1. The van der Waals surface area contributed by atoms with Gasteiger partial charge in [0.2, 0.25) is 0 Å². The number of aryl methyl sites for hydroxylation is 1. The molecule has 6 heteroatoms. The monoisotopic (exact) mass is 252 g/mol. The van der Waals surface area contributed by atoms with Gasteiger partial charge in [0.05, 0.1) is 13.0 Å². The molecule has 1 fully saturated rings. The number of carboxylic acid groups (broad SMARTS) is 1. The van der Waals surface area contributed by atoms with Crippen LogP contribution in [0.5, 0.6) is 0 Å². The third-order valence-electron chi connectivity index (χ3n) is 3.24. The number of H-pyrrole nitrogens is 1. The number of aliphatic carboxylic acids is 1. The number of carbonyl (C=O) groups is 1. The Bertz CT molecular complexity index is 397. The molecule has 1 saturated heterocycles. The maximum Gasteiger partial charge on any atom is 0.304 e. The van der Waals surface area contributed by atoms with Crippen molar-refractivity contribution < 1.29 is 9.90 Å². The predicted molar refractivity (Wildman–Crippen MR) is 67.3 cm³/mol. The third kappa shape index (κ3) is 3.82. The van der Waals surface area contributed by atoms with E-state index in [1.807, 2.05) is 13.1 Å². The van der Waals surface area contributed by atoms with Crippen LogP contribution in [0.2, 0.25) is 0 Å². The second-order valence-electron chi connectivity index (χ2n) is 4.77. The van der Waals surface area contributed by atoms with Crippen molar-refractivity contribution in [2.24, 2.45) is 0 Å². The van der Waals surface area contributed by atoms with Crippen LogP contribution in [-0.2, 0) is 11.3 Å². The number of carboxylic acids is 1. The van der Waals surface area contributed by atoms with Gasteiger partial charge in [0.15, 0.2) is 0 Å². The largest absolute Gasteiger partial charge is 0.481 e. The summed E-state index contributed by atoms with van der Waals surface area (Å²) >= 11 is 0. The molecule has 0 saturated carbocycles. The van der Waals surface area contributed by atoms with Gasteiger partial charge in [0.25, 0.3) is 0 Å². The van der Waals surface area contributed by atoms with Gasteiger partial charge < -0.3 is 15.0 Å². The zero-order valence-electron chi connectivity index (χ0n) is 10.7. The van der Waals surface area contributed by atoms with Gasteiger partial charge in [-0.15, -0.1) is 0 Å². The van der Waals surface area contributed by atoms with Crippen molar-refractivity contribution in [3.05, 3.63) is 17.7 Å². The number of hydrogen-bond acceptors (Lipinski definition) is 4. The molecule has 0 atom stereocenters. The van der Waals surface area contributed by atoms with Crippen LogP contribution in [0.15, 0.2) is 6.20 Å². The van der Waals surface area contributed by atoms with E-state index in [0.29, 0.717) is 6.54 Å². The highest BCUT2D eigenvalue weighted by molar-refractivity contribution is 5.66. The third-order valence-corrected chi connectivity index (χ3v) is 3.24. The lowest BCUT2D eigenvalue weighted by atomic mass is 10.3. The quantitative estimate of drug-likeness (QED) is 0.789. The van der Waals surface area contributed by atoms with E-state index in [-0.39, 0.29) is 6.42 Å². The van der Waals surface area contributed by atoms with E-state index >= 15 is 0 Å². The fraction of sp³-hybridized carbons (Fsp3) is 0.667. The molecule has 0 bridgehead atoms. The zero-order chi connectivity index (χ0) is 13.0. The summed E-state index contributed by atoms with van der Waals surface area (Å²) in [5.41, 5.74) is 1.09. The highest BCUT2D eigenvalue weighted by Crippen LogP contribution is 2.06. The van der Waals surface area contributed by atoms with Crippen molar-refractivity contribution in [2.75, 3.05) is 32.7 Å². The van der Waals surface area contributed by atoms with Gasteiger partial charge in [-0.25, -0.2) is 4.98 Å². The second-order valence-corrected chi connectivity index (χ2v) is 4.77. The molecule has 2 rings (SSSR count). The Kier molecular flexibility index (Phi) is 4.33. The van der Waals surface area contributed by atoms with E-state index in [2.05, 4.69) is 19.8 Å². The van der Waals surface area contributed by atoms with Crippen LogP contribution in [0.1, 0.15) is 17.9 Å². The summed E-state index contributed by atoms with van der Waals surface area (Å²) in [5.74, 6) is 0.287. The second kappa shape index (κ2) is 5.97. The summed E-state index contributed by atoms with van der Waals surface area (Å²) < 4.78 is 0. The molecule has 6 nitrogen and oxygen atoms in total. The summed E-state index contributed by atoms with van der Waals surface area (Å²) in [4.78, 5) is 22.6. The summed E-state index contributed by atoms with van der Waals surface area (Å²) in [5, 5.41) is 8.64. The first-order valence-electron chi connectivity index (χ1n) is 6.30. The average Bonchev–Trinajstić information content (AvgIpc) is 2.74. The molecule has 2 heterocycles. The van der Waals surface area contributed by atoms with E-state index in [9.17, 15) is 4.79 Å². The van der Waals surface area contributed by atoms with Gasteiger partial charge >= 0.3 is 5.97 Å². The van der Waals surface area contributed by atoms with Crippen molar-refractivity contribution in [1.29, 1.82) is 0 Å². The summed E-state index contributed by atoms with van der Waals surface area (Å²) in [6.45, 7) is 7.32. The van der Waals surface area contributed by atoms with Gasteiger partial charge in [-0.05, 0) is 6.92 Å². The Labute approximate surface area is 107 Å². The number of piperazine rings is 1. The van der Waals surface area contributed by atoms with Crippen molar-refractivity contribution in [1.82, 2.24) is 19.8 Å². The highest BCUT2D eigenvalue weighted by atomic mass is 16.4. The summed E-state index contributed by atoms with van der Waals surface area (Å²) in [6.07, 6.45) is 2.08. The topological polar surface area (TPSA) is 72.5 Å². The van der Waals surface area contributed by atoms with E-state index in [1.54, 1.807) is 0 Å². The van der Waals surface area contributed by atoms with E-state index in [1.165, 1.54) is 0 Å². The number of aromatic amines is 1. The molecule has 100 valence electrons. The summed E-state index contributed by atoms with van der Waals surface area (Å²) in [6, 6.07) is 0. The first kappa shape index (κ1) is 13.0. The smallest absolute Gasteiger partial charge is 0.304 e. The zero-order valence-corrected chi connectivity index (χ0v) is 10.7. The minimum absolute atomic E-state index is 0.234. The molecule has 0 aromatic carbocycles. The van der Waals surface area contributed by atoms with Crippen LogP contribution in [-0.4, -0.2) is 63.6 Å². The lowest BCUT2D eigenvalue weighted by Gasteiger charge is -2.33. The van der Waals surface area contributed by atoms with Gasteiger partial charge in [-0.2, -0.15) is 0 Å². The molecule has 0 spiro atoms. The van der Waals surface area contributed by atoms with E-state index < -0.39 is 5.97 Å². The van der Waals surface area contributed by atoms with Crippen molar-refractivity contribution >= 4 is 5.97 Å². The Morgan fingerprint density at radius 3 is 2.61 bits per heavy atom. The van der Waals surface area contributed by atoms with Crippen LogP contribution >= 0.6 is 0 Å². The Balaban J connectivity index is 1.71. The van der Waals surface area contributed by atoms with Crippen LogP contribution < -0.4 is 0 Å². The Hall–Kier alpha value is -1.40. The van der Waals surface area contributed by atoms with Crippen molar-refractivity contribution in [3.8, 4) is 0 Å². The molecule has 0 amide bonds. The van der Waals surface area contributed by atoms with Crippen LogP contribution in [0, 0.1) is 6.92 Å². The molecule has 0 aliphatic carbocycles. The van der Waals surface area contributed by atoms with Crippen LogP contribution in [0.4, 0.5) is 0 Å². The minimum Gasteiger partial charge on any atom is -0.481 e. The maximum absolute atomic E-state index is 10.5. The molecule has 1 aliphatic rings. The molecule has 2 N–H and O–H groups in total. The van der Waals surface area contributed by atoms with Crippen LogP contribution in [0.25, 0.3) is 0 Å². The fourth-order valence-corrected chi connectivity index (χ4v) is 2.18. The molecule has 1 aliphatic heterocycles. The van der Waals surface area contributed by atoms with Gasteiger partial charge in [-0.3, -0.25) is 9.69 Å². The SMILES string of the molecule is Cc1cnc(CN2CCN(CCC(=O)O)CC2)[nH]1. The number of rotatable bonds is 5. The average molecular weight is 252 g/mol. The van der Waals surface area contributed by atoms with Gasteiger partial charge in [0.1, 0.15) is 5.82 Å². The highest BCUT2D eigenvalue weighted by Gasteiger charge is 2.18. The van der Waals surface area contributed by atoms with Crippen molar-refractivity contribution in [3.63, 3.8) is 0 Å². The number of imidazole rings is 1. The molecular weight excluding hydrogens is 232 g/mol. The lowest BCUT2D eigenvalue weighted by molar-refractivity contribution is -0.137. The standard InChI is InChI=1S/C12H20N4O2/c1-10-8-13-11(14-10)9-16-6-4-15(5-7-16)3-2-12(17)18/h8H,2-7,9H2,1H3,(H,13,14)(H,17,18). The maximum atomic E-state index is 10.5. The predicted octanol–water partition coefficient (Wildman–Crippen LogP) is 0.310. The fourth-order valence-electron chi connectivity index (χ4n) is 2.18. The Morgan fingerprint density at radius 1 is 1.39 bits per heavy atom.